The number of nitrogens with zero attached hydrogens (tertiary/aromatic N) is 1. The number of hydrogen-bond acceptors (Lipinski definition) is 1. The highest BCUT2D eigenvalue weighted by atomic mass is 19.1. The van der Waals surface area contributed by atoms with E-state index in [2.05, 4.69) is 11.9 Å². The van der Waals surface area contributed by atoms with Gasteiger partial charge in [0.2, 0.25) is 0 Å². The Morgan fingerprint density at radius 1 is 1.31 bits per heavy atom. The third-order valence-electron chi connectivity index (χ3n) is 2.11. The molecule has 1 aromatic carbocycles. The fourth-order valence-electron chi connectivity index (χ4n) is 1.33. The van der Waals surface area contributed by atoms with Crippen LogP contribution in [0.15, 0.2) is 30.5 Å². The highest BCUT2D eigenvalue weighted by Crippen LogP contribution is 2.14. The molecular weight excluding hydrogens is 165 g/mol. The van der Waals surface area contributed by atoms with Gasteiger partial charge in [-0.2, -0.15) is 0 Å². The van der Waals surface area contributed by atoms with E-state index in [9.17, 15) is 4.39 Å². The van der Waals surface area contributed by atoms with Crippen LogP contribution in [0, 0.1) is 5.82 Å². The zero-order chi connectivity index (χ0) is 9.26. The third kappa shape index (κ3) is 1.52. The van der Waals surface area contributed by atoms with E-state index in [1.165, 1.54) is 17.7 Å². The molecule has 0 saturated carbocycles. The first-order valence-corrected chi connectivity index (χ1v) is 4.34. The van der Waals surface area contributed by atoms with Crippen LogP contribution >= 0.6 is 0 Å². The Kier molecular flexibility index (Phi) is 1.97. The summed E-state index contributed by atoms with van der Waals surface area (Å²) in [6.45, 7) is 2.08. The topological polar surface area (TPSA) is 12.9 Å². The predicted molar refractivity (Wildman–Crippen MR) is 51.1 cm³/mol. The molecule has 2 rings (SSSR count). The minimum Gasteiger partial charge on any atom is -0.256 e. The molecule has 0 atom stereocenters. The number of pyridine rings is 1. The quantitative estimate of drug-likeness (QED) is 0.649. The number of hydrogen-bond donors (Lipinski definition) is 0. The second-order valence-electron chi connectivity index (χ2n) is 3.03. The number of aromatic nitrogens is 1. The fourth-order valence-corrected chi connectivity index (χ4v) is 1.33. The first-order chi connectivity index (χ1) is 6.29. The van der Waals surface area contributed by atoms with Gasteiger partial charge in [0.1, 0.15) is 5.82 Å². The van der Waals surface area contributed by atoms with Gasteiger partial charge in [0, 0.05) is 17.6 Å². The van der Waals surface area contributed by atoms with E-state index in [0.29, 0.717) is 0 Å². The smallest absolute Gasteiger partial charge is 0.125 e. The van der Waals surface area contributed by atoms with Gasteiger partial charge < -0.3 is 0 Å². The molecule has 0 bridgehead atoms. The zero-order valence-electron chi connectivity index (χ0n) is 7.42. The van der Waals surface area contributed by atoms with Crippen LogP contribution in [-0.2, 0) is 6.42 Å². The molecule has 2 heteroatoms. The SMILES string of the molecule is CCc1cnc2cc(F)ccc2c1. The van der Waals surface area contributed by atoms with Gasteiger partial charge in [-0.1, -0.05) is 6.92 Å². The van der Waals surface area contributed by atoms with Crippen molar-refractivity contribution in [2.24, 2.45) is 0 Å². The van der Waals surface area contributed by atoms with Crippen molar-refractivity contribution in [2.75, 3.05) is 0 Å². The maximum atomic E-state index is 12.8. The molecule has 2 aromatic rings. The summed E-state index contributed by atoms with van der Waals surface area (Å²) >= 11 is 0. The van der Waals surface area contributed by atoms with Crippen LogP contribution in [-0.4, -0.2) is 4.98 Å². The maximum Gasteiger partial charge on any atom is 0.125 e. The fraction of sp³-hybridized carbons (Fsp3) is 0.182. The number of fused-ring (bicyclic) bond motifs is 1. The second-order valence-corrected chi connectivity index (χ2v) is 3.03. The molecule has 0 fully saturated rings. The van der Waals surface area contributed by atoms with Crippen molar-refractivity contribution in [1.29, 1.82) is 0 Å². The Labute approximate surface area is 76.2 Å². The Hall–Kier alpha value is -1.44. The van der Waals surface area contributed by atoms with Crippen LogP contribution in [0.25, 0.3) is 10.9 Å². The van der Waals surface area contributed by atoms with E-state index in [4.69, 9.17) is 0 Å². The average Bonchev–Trinajstić information content (AvgIpc) is 2.17. The molecule has 0 saturated heterocycles. The lowest BCUT2D eigenvalue weighted by Crippen LogP contribution is -1.85. The monoisotopic (exact) mass is 175 g/mol. The normalized spacial score (nSPS) is 10.6. The van der Waals surface area contributed by atoms with Crippen molar-refractivity contribution in [3.63, 3.8) is 0 Å². The van der Waals surface area contributed by atoms with E-state index in [1.807, 2.05) is 6.07 Å². The van der Waals surface area contributed by atoms with Gasteiger partial charge in [-0.05, 0) is 30.2 Å². The Morgan fingerprint density at radius 2 is 2.15 bits per heavy atom. The molecule has 1 heterocycles. The van der Waals surface area contributed by atoms with Crippen LogP contribution < -0.4 is 0 Å². The minimum absolute atomic E-state index is 0.232. The second kappa shape index (κ2) is 3.13. The average molecular weight is 175 g/mol. The van der Waals surface area contributed by atoms with Crippen molar-refractivity contribution < 1.29 is 4.39 Å². The first kappa shape index (κ1) is 8.17. The van der Waals surface area contributed by atoms with Crippen LogP contribution in [0.2, 0.25) is 0 Å². The molecule has 1 nitrogen and oxygen atoms in total. The van der Waals surface area contributed by atoms with Gasteiger partial charge in [-0.25, -0.2) is 4.39 Å². The molecule has 0 aliphatic heterocycles. The van der Waals surface area contributed by atoms with E-state index < -0.39 is 0 Å². The van der Waals surface area contributed by atoms with Crippen molar-refractivity contribution in [3.05, 3.63) is 41.8 Å². The van der Waals surface area contributed by atoms with Gasteiger partial charge in [-0.15, -0.1) is 0 Å². The molecule has 0 spiro atoms. The predicted octanol–water partition coefficient (Wildman–Crippen LogP) is 2.94. The molecule has 13 heavy (non-hydrogen) atoms. The summed E-state index contributed by atoms with van der Waals surface area (Å²) in [5.41, 5.74) is 1.90. The van der Waals surface area contributed by atoms with Gasteiger partial charge in [0.05, 0.1) is 5.52 Å². The first-order valence-electron chi connectivity index (χ1n) is 4.34. The van der Waals surface area contributed by atoms with Crippen molar-refractivity contribution in [1.82, 2.24) is 4.98 Å². The number of benzene rings is 1. The summed E-state index contributed by atoms with van der Waals surface area (Å²) in [6.07, 6.45) is 2.75. The van der Waals surface area contributed by atoms with Gasteiger partial charge in [0.15, 0.2) is 0 Å². The van der Waals surface area contributed by atoms with E-state index in [-0.39, 0.29) is 5.82 Å². The molecular formula is C11H10FN. The van der Waals surface area contributed by atoms with Crippen molar-refractivity contribution in [2.45, 2.75) is 13.3 Å². The molecule has 1 aromatic heterocycles. The molecule has 0 amide bonds. The Balaban J connectivity index is 2.66. The largest absolute Gasteiger partial charge is 0.256 e. The van der Waals surface area contributed by atoms with Crippen LogP contribution in [0.3, 0.4) is 0 Å². The standard InChI is InChI=1S/C11H10FN/c1-2-8-5-9-3-4-10(12)6-11(9)13-7-8/h3-7H,2H2,1H3. The van der Waals surface area contributed by atoms with Gasteiger partial charge >= 0.3 is 0 Å². The molecule has 0 radical (unpaired) electrons. The Morgan fingerprint density at radius 3 is 2.92 bits per heavy atom. The van der Waals surface area contributed by atoms with Crippen molar-refractivity contribution >= 4 is 10.9 Å². The number of rotatable bonds is 1. The summed E-state index contributed by atoms with van der Waals surface area (Å²) in [7, 11) is 0. The zero-order valence-corrected chi connectivity index (χ0v) is 7.42. The summed E-state index contributed by atoms with van der Waals surface area (Å²) in [4.78, 5) is 4.17. The number of aryl methyl sites for hydroxylation is 1. The molecule has 0 aliphatic carbocycles. The summed E-state index contributed by atoms with van der Waals surface area (Å²) < 4.78 is 12.8. The van der Waals surface area contributed by atoms with Gasteiger partial charge in [-0.3, -0.25) is 4.98 Å². The summed E-state index contributed by atoms with van der Waals surface area (Å²) in [5.74, 6) is -0.232. The molecule has 66 valence electrons. The summed E-state index contributed by atoms with van der Waals surface area (Å²) in [5, 5.41) is 1.00. The van der Waals surface area contributed by atoms with E-state index >= 15 is 0 Å². The lowest BCUT2D eigenvalue weighted by Gasteiger charge is -1.99. The summed E-state index contributed by atoms with van der Waals surface area (Å²) in [6, 6.07) is 6.72. The van der Waals surface area contributed by atoms with E-state index in [1.54, 1.807) is 12.3 Å². The minimum atomic E-state index is -0.232. The van der Waals surface area contributed by atoms with Crippen LogP contribution in [0.5, 0.6) is 0 Å². The Bertz CT molecular complexity index is 437. The van der Waals surface area contributed by atoms with E-state index in [0.717, 1.165) is 17.3 Å². The molecule has 0 unspecified atom stereocenters. The lowest BCUT2D eigenvalue weighted by molar-refractivity contribution is 0.629. The van der Waals surface area contributed by atoms with Gasteiger partial charge in [0.25, 0.3) is 0 Å². The molecule has 0 aliphatic rings. The molecule has 0 N–H and O–H groups in total. The van der Waals surface area contributed by atoms with Crippen LogP contribution in [0.4, 0.5) is 4.39 Å². The van der Waals surface area contributed by atoms with Crippen molar-refractivity contribution in [3.8, 4) is 0 Å². The highest BCUT2D eigenvalue weighted by Gasteiger charge is 1.97. The van der Waals surface area contributed by atoms with Crippen LogP contribution in [0.1, 0.15) is 12.5 Å². The third-order valence-corrected chi connectivity index (χ3v) is 2.11. The highest BCUT2D eigenvalue weighted by molar-refractivity contribution is 5.78. The lowest BCUT2D eigenvalue weighted by atomic mass is 10.1. The number of halogens is 1. The maximum absolute atomic E-state index is 12.8.